The minimum atomic E-state index is 0.0317. The first-order valence-corrected chi connectivity index (χ1v) is 9.06. The maximum absolute atomic E-state index is 12.8. The Morgan fingerprint density at radius 2 is 1.86 bits per heavy atom. The first-order chi connectivity index (χ1) is 10.1. The van der Waals surface area contributed by atoms with E-state index in [9.17, 15) is 4.79 Å². The van der Waals surface area contributed by atoms with E-state index in [1.54, 1.807) is 0 Å². The average molecular weight is 325 g/mol. The lowest BCUT2D eigenvalue weighted by Crippen LogP contribution is -2.42. The van der Waals surface area contributed by atoms with Crippen LogP contribution in [0.1, 0.15) is 24.3 Å². The fourth-order valence-corrected chi connectivity index (χ4v) is 4.48. The van der Waals surface area contributed by atoms with Gasteiger partial charge in [-0.25, -0.2) is 0 Å². The molecule has 1 saturated carbocycles. The van der Waals surface area contributed by atoms with Gasteiger partial charge >= 0.3 is 0 Å². The molecule has 3 rings (SSSR count). The summed E-state index contributed by atoms with van der Waals surface area (Å²) in [5.74, 6) is 2.67. The predicted molar refractivity (Wildman–Crippen MR) is 88.8 cm³/mol. The quantitative estimate of drug-likeness (QED) is 0.910. The number of amides is 1. The van der Waals surface area contributed by atoms with Gasteiger partial charge in [-0.05, 0) is 36.5 Å². The Bertz CT molecular complexity index is 502. The van der Waals surface area contributed by atoms with E-state index in [-0.39, 0.29) is 17.9 Å². The third-order valence-electron chi connectivity index (χ3n) is 4.54. The number of rotatable bonds is 2. The number of carbonyl (C=O) groups is 1. The topological polar surface area (TPSA) is 46.3 Å². The lowest BCUT2D eigenvalue weighted by atomic mass is 9.88. The maximum atomic E-state index is 12.8. The fraction of sp³-hybridized carbons (Fsp3) is 0.562. The molecule has 0 bridgehead atoms. The molecule has 1 aliphatic heterocycles. The van der Waals surface area contributed by atoms with E-state index < -0.39 is 0 Å². The lowest BCUT2D eigenvalue weighted by molar-refractivity contribution is -0.135. The molecule has 1 aromatic carbocycles. The summed E-state index contributed by atoms with van der Waals surface area (Å²) in [4.78, 5) is 14.9. The molecule has 0 spiro atoms. The fourth-order valence-electron chi connectivity index (χ4n) is 3.45. The number of carbonyl (C=O) groups excluding carboxylic acids is 1. The molecule has 21 heavy (non-hydrogen) atoms. The highest BCUT2D eigenvalue weighted by Crippen LogP contribution is 2.40. The van der Waals surface area contributed by atoms with Gasteiger partial charge < -0.3 is 10.6 Å². The summed E-state index contributed by atoms with van der Waals surface area (Å²) >= 11 is 7.89. The Balaban J connectivity index is 1.78. The molecule has 0 aromatic heterocycles. The third kappa shape index (κ3) is 3.38. The van der Waals surface area contributed by atoms with Gasteiger partial charge in [0, 0.05) is 41.6 Å². The van der Waals surface area contributed by atoms with Gasteiger partial charge in [0.05, 0.1) is 0 Å². The Morgan fingerprint density at radius 1 is 1.19 bits per heavy atom. The van der Waals surface area contributed by atoms with Gasteiger partial charge in [-0.15, -0.1) is 0 Å². The van der Waals surface area contributed by atoms with Crippen LogP contribution in [0, 0.1) is 5.92 Å². The highest BCUT2D eigenvalue weighted by Gasteiger charge is 2.40. The number of nitrogens with zero attached hydrogens (tertiary/aromatic N) is 1. The molecule has 2 aliphatic rings. The Hall–Kier alpha value is -0.710. The van der Waals surface area contributed by atoms with E-state index in [1.165, 1.54) is 5.56 Å². The lowest BCUT2D eigenvalue weighted by Gasteiger charge is -2.31. The normalized spacial score (nSPS) is 29.6. The Kier molecular flexibility index (Phi) is 4.77. The van der Waals surface area contributed by atoms with Gasteiger partial charge in [0.25, 0.3) is 0 Å². The third-order valence-corrected chi connectivity index (χ3v) is 5.73. The van der Waals surface area contributed by atoms with Crippen molar-refractivity contribution in [3.63, 3.8) is 0 Å². The summed E-state index contributed by atoms with van der Waals surface area (Å²) < 4.78 is 0. The zero-order valence-corrected chi connectivity index (χ0v) is 13.6. The van der Waals surface area contributed by atoms with E-state index in [1.807, 2.05) is 40.9 Å². The Labute approximate surface area is 135 Å². The van der Waals surface area contributed by atoms with Crippen molar-refractivity contribution in [2.24, 2.45) is 11.7 Å². The molecule has 2 N–H and O–H groups in total. The molecular weight excluding hydrogens is 304 g/mol. The molecule has 3 atom stereocenters. The second-order valence-electron chi connectivity index (χ2n) is 5.93. The van der Waals surface area contributed by atoms with Crippen molar-refractivity contribution < 1.29 is 4.79 Å². The van der Waals surface area contributed by atoms with Crippen molar-refractivity contribution in [3.05, 3.63) is 34.9 Å². The number of hydrogen-bond acceptors (Lipinski definition) is 3. The molecule has 1 amide bonds. The monoisotopic (exact) mass is 324 g/mol. The van der Waals surface area contributed by atoms with Gasteiger partial charge in [-0.3, -0.25) is 4.79 Å². The minimum absolute atomic E-state index is 0.0317. The van der Waals surface area contributed by atoms with Crippen LogP contribution in [0.25, 0.3) is 0 Å². The van der Waals surface area contributed by atoms with E-state index in [0.29, 0.717) is 5.91 Å². The molecular formula is C16H21ClN2OS. The number of hydrogen-bond donors (Lipinski definition) is 1. The molecule has 1 aliphatic carbocycles. The molecule has 1 saturated heterocycles. The number of benzene rings is 1. The van der Waals surface area contributed by atoms with Crippen molar-refractivity contribution in [2.75, 3.05) is 24.6 Å². The first-order valence-electron chi connectivity index (χ1n) is 7.52. The summed E-state index contributed by atoms with van der Waals surface area (Å²) in [5, 5.41) is 0.733. The Morgan fingerprint density at radius 3 is 2.52 bits per heavy atom. The zero-order valence-electron chi connectivity index (χ0n) is 12.0. The smallest absolute Gasteiger partial charge is 0.226 e. The van der Waals surface area contributed by atoms with E-state index in [2.05, 4.69) is 0 Å². The first kappa shape index (κ1) is 15.2. The number of thioether (sulfide) groups is 1. The molecule has 1 aromatic rings. The number of halogens is 1. The van der Waals surface area contributed by atoms with Gasteiger partial charge in [-0.2, -0.15) is 11.8 Å². The van der Waals surface area contributed by atoms with Gasteiger partial charge in [0.1, 0.15) is 0 Å². The van der Waals surface area contributed by atoms with Gasteiger partial charge in [-0.1, -0.05) is 23.7 Å². The molecule has 5 heteroatoms. The van der Waals surface area contributed by atoms with Crippen LogP contribution >= 0.6 is 23.4 Å². The summed E-state index contributed by atoms with van der Waals surface area (Å²) in [6.07, 6.45) is 1.69. The van der Waals surface area contributed by atoms with Crippen molar-refractivity contribution >= 4 is 29.3 Å². The number of nitrogens with two attached hydrogens (primary N) is 1. The van der Waals surface area contributed by atoms with Crippen LogP contribution in [0.5, 0.6) is 0 Å². The standard InChI is InChI=1S/C16H21ClN2OS/c17-12-3-1-11(2-4-12)14-9-13(18)10-15(14)16(20)19-5-7-21-8-6-19/h1-4,13-15H,5-10,18H2/t13-,14+,15-/m1/s1. The molecule has 114 valence electrons. The highest BCUT2D eigenvalue weighted by molar-refractivity contribution is 7.99. The van der Waals surface area contributed by atoms with Crippen LogP contribution < -0.4 is 5.73 Å². The van der Waals surface area contributed by atoms with E-state index in [0.717, 1.165) is 42.5 Å². The van der Waals surface area contributed by atoms with Crippen molar-refractivity contribution in [1.29, 1.82) is 0 Å². The molecule has 0 radical (unpaired) electrons. The maximum Gasteiger partial charge on any atom is 0.226 e. The van der Waals surface area contributed by atoms with Crippen LogP contribution in [-0.2, 0) is 4.79 Å². The van der Waals surface area contributed by atoms with E-state index in [4.69, 9.17) is 17.3 Å². The van der Waals surface area contributed by atoms with Gasteiger partial charge in [0.2, 0.25) is 5.91 Å². The summed E-state index contributed by atoms with van der Waals surface area (Å²) in [5.41, 5.74) is 7.34. The van der Waals surface area contributed by atoms with Crippen molar-refractivity contribution in [2.45, 2.75) is 24.8 Å². The zero-order chi connectivity index (χ0) is 14.8. The molecule has 0 unspecified atom stereocenters. The second kappa shape index (κ2) is 6.59. The van der Waals surface area contributed by atoms with Crippen LogP contribution in [0.3, 0.4) is 0 Å². The van der Waals surface area contributed by atoms with Crippen molar-refractivity contribution in [1.82, 2.24) is 4.90 Å². The molecule has 1 heterocycles. The van der Waals surface area contributed by atoms with Crippen LogP contribution in [0.2, 0.25) is 5.02 Å². The second-order valence-corrected chi connectivity index (χ2v) is 7.59. The van der Waals surface area contributed by atoms with Crippen LogP contribution in [-0.4, -0.2) is 41.4 Å². The highest BCUT2D eigenvalue weighted by atomic mass is 35.5. The van der Waals surface area contributed by atoms with Crippen LogP contribution in [0.15, 0.2) is 24.3 Å². The van der Waals surface area contributed by atoms with Crippen molar-refractivity contribution in [3.8, 4) is 0 Å². The predicted octanol–water partition coefficient (Wildman–Crippen LogP) is 2.74. The summed E-state index contributed by atoms with van der Waals surface area (Å²) in [7, 11) is 0. The van der Waals surface area contributed by atoms with E-state index >= 15 is 0 Å². The molecule has 2 fully saturated rings. The molecule has 3 nitrogen and oxygen atoms in total. The largest absolute Gasteiger partial charge is 0.341 e. The summed E-state index contributed by atoms with van der Waals surface area (Å²) in [6.45, 7) is 1.76. The SMILES string of the molecule is N[C@H]1C[C@@H](C(=O)N2CCSCC2)[C@H](c2ccc(Cl)cc2)C1. The summed E-state index contributed by atoms with van der Waals surface area (Å²) in [6, 6.07) is 8.01. The minimum Gasteiger partial charge on any atom is -0.341 e. The van der Waals surface area contributed by atoms with Crippen LogP contribution in [0.4, 0.5) is 0 Å². The van der Waals surface area contributed by atoms with Gasteiger partial charge in [0.15, 0.2) is 0 Å². The average Bonchev–Trinajstić information content (AvgIpc) is 2.90.